The number of amides is 1. The number of hydrogen-bond donors (Lipinski definition) is 0. The van der Waals surface area contributed by atoms with E-state index in [4.69, 9.17) is 9.47 Å². The van der Waals surface area contributed by atoms with E-state index in [9.17, 15) is 4.79 Å². The predicted octanol–water partition coefficient (Wildman–Crippen LogP) is 2.45. The molecule has 0 aromatic heterocycles. The zero-order valence-electron chi connectivity index (χ0n) is 12.6. The Hall–Kier alpha value is -1.13. The van der Waals surface area contributed by atoms with Crippen molar-refractivity contribution in [3.05, 3.63) is 24.3 Å². The maximum absolute atomic E-state index is 12.8. The topological polar surface area (TPSA) is 38.8 Å². The highest BCUT2D eigenvalue weighted by Gasteiger charge is 2.45. The third kappa shape index (κ3) is 3.06. The van der Waals surface area contributed by atoms with Gasteiger partial charge >= 0.3 is 0 Å². The molecule has 3 atom stereocenters. The molecule has 0 radical (unpaired) electrons. The van der Waals surface area contributed by atoms with Gasteiger partial charge < -0.3 is 14.4 Å². The summed E-state index contributed by atoms with van der Waals surface area (Å²) in [5.41, 5.74) is 1.01. The predicted molar refractivity (Wildman–Crippen MR) is 81.0 cm³/mol. The molecule has 2 aliphatic carbocycles. The number of carbonyl (C=O) groups is 1. The van der Waals surface area contributed by atoms with E-state index in [0.717, 1.165) is 37.7 Å². The van der Waals surface area contributed by atoms with Gasteiger partial charge in [0, 0.05) is 12.1 Å². The molecule has 0 spiro atoms. The Labute approximate surface area is 126 Å². The quantitative estimate of drug-likeness (QED) is 0.747. The maximum atomic E-state index is 12.8. The first-order valence-corrected chi connectivity index (χ1v) is 8.15. The molecule has 21 heavy (non-hydrogen) atoms. The Bertz CT molecular complexity index is 432. The van der Waals surface area contributed by atoms with Crippen LogP contribution in [0.5, 0.6) is 0 Å². The lowest BCUT2D eigenvalue weighted by atomic mass is 9.97. The Balaban J connectivity index is 1.68. The minimum Gasteiger partial charge on any atom is -0.372 e. The Kier molecular flexibility index (Phi) is 4.76. The summed E-state index contributed by atoms with van der Waals surface area (Å²) in [5.74, 6) is 0.234. The fraction of sp³-hybridized carbons (Fsp3) is 0.706. The van der Waals surface area contributed by atoms with Crippen molar-refractivity contribution >= 4 is 5.91 Å². The summed E-state index contributed by atoms with van der Waals surface area (Å²) in [6, 6.07) is 0.184. The number of carbonyl (C=O) groups excluding carboxylic acids is 1. The van der Waals surface area contributed by atoms with Crippen molar-refractivity contribution in [2.75, 3.05) is 19.8 Å². The Morgan fingerprint density at radius 2 is 2.38 bits per heavy atom. The highest BCUT2D eigenvalue weighted by molar-refractivity contribution is 5.93. The van der Waals surface area contributed by atoms with Crippen molar-refractivity contribution in [1.82, 2.24) is 4.90 Å². The van der Waals surface area contributed by atoms with Crippen LogP contribution in [0.3, 0.4) is 0 Å². The van der Waals surface area contributed by atoms with Crippen LogP contribution in [0.4, 0.5) is 0 Å². The second kappa shape index (κ2) is 6.75. The third-order valence-electron chi connectivity index (χ3n) is 4.79. The van der Waals surface area contributed by atoms with Crippen LogP contribution >= 0.6 is 0 Å². The van der Waals surface area contributed by atoms with Gasteiger partial charge in [0.25, 0.3) is 0 Å². The molecule has 3 rings (SSSR count). The minimum atomic E-state index is 0.0341. The van der Waals surface area contributed by atoms with Gasteiger partial charge in [-0.15, -0.1) is 6.58 Å². The van der Waals surface area contributed by atoms with Gasteiger partial charge in [0.15, 0.2) is 0 Å². The SMILES string of the molecule is C=CCO[C@H]1CC[C@H]2[C@@H]1OCCN2C(=O)C1=CCCCC1. The molecule has 1 amide bonds. The summed E-state index contributed by atoms with van der Waals surface area (Å²) in [6.07, 6.45) is 10.3. The van der Waals surface area contributed by atoms with Gasteiger partial charge in [-0.25, -0.2) is 0 Å². The van der Waals surface area contributed by atoms with Crippen LogP contribution in [-0.4, -0.2) is 48.8 Å². The molecule has 0 N–H and O–H groups in total. The average Bonchev–Trinajstić information content (AvgIpc) is 2.96. The summed E-state index contributed by atoms with van der Waals surface area (Å²) in [4.78, 5) is 14.8. The second-order valence-corrected chi connectivity index (χ2v) is 6.11. The van der Waals surface area contributed by atoms with E-state index in [1.165, 1.54) is 6.42 Å². The number of morpholine rings is 1. The summed E-state index contributed by atoms with van der Waals surface area (Å²) in [5, 5.41) is 0. The smallest absolute Gasteiger partial charge is 0.249 e. The monoisotopic (exact) mass is 291 g/mol. The molecule has 2 fully saturated rings. The van der Waals surface area contributed by atoms with E-state index in [2.05, 4.69) is 12.7 Å². The van der Waals surface area contributed by atoms with E-state index in [1.807, 2.05) is 4.90 Å². The highest BCUT2D eigenvalue weighted by Crippen LogP contribution is 2.33. The molecule has 1 heterocycles. The molecule has 0 bridgehead atoms. The van der Waals surface area contributed by atoms with E-state index in [-0.39, 0.29) is 24.2 Å². The normalized spacial score (nSPS) is 32.5. The molecule has 1 saturated heterocycles. The van der Waals surface area contributed by atoms with Gasteiger partial charge in [-0.1, -0.05) is 12.2 Å². The van der Waals surface area contributed by atoms with Gasteiger partial charge in [0.2, 0.25) is 5.91 Å². The maximum Gasteiger partial charge on any atom is 0.249 e. The molecule has 116 valence electrons. The van der Waals surface area contributed by atoms with Crippen LogP contribution in [-0.2, 0) is 14.3 Å². The summed E-state index contributed by atoms with van der Waals surface area (Å²) < 4.78 is 11.7. The van der Waals surface area contributed by atoms with Gasteiger partial charge in [-0.2, -0.15) is 0 Å². The van der Waals surface area contributed by atoms with Crippen LogP contribution in [0, 0.1) is 0 Å². The van der Waals surface area contributed by atoms with Gasteiger partial charge in [-0.3, -0.25) is 4.79 Å². The molecule has 1 saturated carbocycles. The molecule has 4 heteroatoms. The van der Waals surface area contributed by atoms with E-state index >= 15 is 0 Å². The first kappa shape index (κ1) is 14.8. The summed E-state index contributed by atoms with van der Waals surface area (Å²) >= 11 is 0. The molecule has 0 unspecified atom stereocenters. The second-order valence-electron chi connectivity index (χ2n) is 6.11. The number of allylic oxidation sites excluding steroid dienone is 1. The van der Waals surface area contributed by atoms with E-state index in [1.54, 1.807) is 6.08 Å². The standard InChI is InChI=1S/C17H25NO3/c1-2-11-20-15-9-8-14-16(15)21-12-10-18(14)17(19)13-6-4-3-5-7-13/h2,6,14-16H,1,3-5,7-12H2/t14-,15-,16-/m0/s1. The molecule has 0 aromatic rings. The minimum absolute atomic E-state index is 0.0341. The van der Waals surface area contributed by atoms with Gasteiger partial charge in [0.05, 0.1) is 25.4 Å². The van der Waals surface area contributed by atoms with Crippen LogP contribution in [0.2, 0.25) is 0 Å². The van der Waals surface area contributed by atoms with E-state index in [0.29, 0.717) is 19.8 Å². The highest BCUT2D eigenvalue weighted by atomic mass is 16.5. The van der Waals surface area contributed by atoms with Gasteiger partial charge in [-0.05, 0) is 38.5 Å². The van der Waals surface area contributed by atoms with Crippen molar-refractivity contribution in [3.63, 3.8) is 0 Å². The fourth-order valence-electron chi connectivity index (χ4n) is 3.75. The third-order valence-corrected chi connectivity index (χ3v) is 4.79. The van der Waals surface area contributed by atoms with Crippen molar-refractivity contribution < 1.29 is 14.3 Å². The Morgan fingerprint density at radius 1 is 1.48 bits per heavy atom. The Morgan fingerprint density at radius 3 is 3.14 bits per heavy atom. The average molecular weight is 291 g/mol. The lowest BCUT2D eigenvalue weighted by Crippen LogP contribution is -2.54. The molecule has 0 aromatic carbocycles. The van der Waals surface area contributed by atoms with Crippen molar-refractivity contribution in [2.45, 2.75) is 56.8 Å². The number of ether oxygens (including phenoxy) is 2. The van der Waals surface area contributed by atoms with Crippen LogP contribution in [0.1, 0.15) is 38.5 Å². The van der Waals surface area contributed by atoms with Gasteiger partial charge in [0.1, 0.15) is 6.10 Å². The van der Waals surface area contributed by atoms with Crippen molar-refractivity contribution in [3.8, 4) is 0 Å². The molecular formula is C17H25NO3. The van der Waals surface area contributed by atoms with Crippen LogP contribution in [0.15, 0.2) is 24.3 Å². The van der Waals surface area contributed by atoms with Crippen molar-refractivity contribution in [1.29, 1.82) is 0 Å². The molecule has 4 nitrogen and oxygen atoms in total. The molecular weight excluding hydrogens is 266 g/mol. The fourth-order valence-corrected chi connectivity index (χ4v) is 3.75. The first-order chi connectivity index (χ1) is 10.3. The first-order valence-electron chi connectivity index (χ1n) is 8.15. The zero-order chi connectivity index (χ0) is 14.7. The number of fused-ring (bicyclic) bond motifs is 1. The summed E-state index contributed by atoms with van der Waals surface area (Å²) in [7, 11) is 0. The van der Waals surface area contributed by atoms with E-state index < -0.39 is 0 Å². The summed E-state index contributed by atoms with van der Waals surface area (Å²) in [6.45, 7) is 5.58. The number of hydrogen-bond acceptors (Lipinski definition) is 3. The lowest BCUT2D eigenvalue weighted by molar-refractivity contribution is -0.147. The lowest BCUT2D eigenvalue weighted by Gasteiger charge is -2.39. The molecule has 1 aliphatic heterocycles. The van der Waals surface area contributed by atoms with Crippen molar-refractivity contribution in [2.24, 2.45) is 0 Å². The zero-order valence-corrected chi connectivity index (χ0v) is 12.6. The number of rotatable bonds is 4. The number of nitrogens with zero attached hydrogens (tertiary/aromatic N) is 1. The van der Waals surface area contributed by atoms with Crippen LogP contribution < -0.4 is 0 Å². The molecule has 3 aliphatic rings. The largest absolute Gasteiger partial charge is 0.372 e. The van der Waals surface area contributed by atoms with Crippen LogP contribution in [0.25, 0.3) is 0 Å².